The molecule has 0 bridgehead atoms. The number of nitrogens with one attached hydrogen (secondary N) is 1. The van der Waals surface area contributed by atoms with Gasteiger partial charge < -0.3 is 15.8 Å². The minimum Gasteiger partial charge on any atom is -0.444 e. The average Bonchev–Trinajstić information content (AvgIpc) is 2.69. The van der Waals surface area contributed by atoms with Crippen LogP contribution in [0.2, 0.25) is 5.02 Å². The highest BCUT2D eigenvalue weighted by molar-refractivity contribution is 6.31. The van der Waals surface area contributed by atoms with Crippen LogP contribution in [-0.2, 0) is 9.53 Å². The SMILES string of the molecule is Cc1ccc(C)c(NC(=O)[C@H](OC(=O)c2ccc(Cl)cc2N)c2ccccc2)c1. The normalized spacial score (nSPS) is 11.6. The number of esters is 1. The Balaban J connectivity index is 1.89. The Kier molecular flexibility index (Phi) is 6.20. The van der Waals surface area contributed by atoms with E-state index >= 15 is 0 Å². The van der Waals surface area contributed by atoms with Crippen LogP contribution >= 0.6 is 11.6 Å². The largest absolute Gasteiger partial charge is 0.444 e. The van der Waals surface area contributed by atoms with Crippen molar-refractivity contribution in [3.05, 3.63) is 94.0 Å². The number of carbonyl (C=O) groups is 2. The molecule has 0 spiro atoms. The Labute approximate surface area is 174 Å². The standard InChI is InChI=1S/C23H21ClN2O3/c1-14-8-9-15(2)20(12-14)26-22(27)21(16-6-4-3-5-7-16)29-23(28)18-11-10-17(24)13-19(18)25/h3-13,21H,25H2,1-2H3,(H,26,27)/t21-/m1/s1. The topological polar surface area (TPSA) is 81.4 Å². The Morgan fingerprint density at radius 2 is 1.72 bits per heavy atom. The molecule has 0 fully saturated rings. The van der Waals surface area contributed by atoms with Gasteiger partial charge in [0.25, 0.3) is 5.91 Å². The van der Waals surface area contributed by atoms with Crippen molar-refractivity contribution in [2.45, 2.75) is 20.0 Å². The van der Waals surface area contributed by atoms with Gasteiger partial charge in [0.1, 0.15) is 0 Å². The molecule has 0 saturated carbocycles. The predicted molar refractivity (Wildman–Crippen MR) is 115 cm³/mol. The van der Waals surface area contributed by atoms with Crippen LogP contribution in [0.5, 0.6) is 0 Å². The molecule has 3 aromatic carbocycles. The van der Waals surface area contributed by atoms with Crippen molar-refractivity contribution in [1.29, 1.82) is 0 Å². The Hall–Kier alpha value is -3.31. The highest BCUT2D eigenvalue weighted by Gasteiger charge is 2.27. The van der Waals surface area contributed by atoms with Crippen molar-refractivity contribution in [3.8, 4) is 0 Å². The van der Waals surface area contributed by atoms with Crippen LogP contribution in [0.4, 0.5) is 11.4 Å². The van der Waals surface area contributed by atoms with E-state index < -0.39 is 18.0 Å². The van der Waals surface area contributed by atoms with E-state index in [1.54, 1.807) is 30.3 Å². The number of nitrogen functional groups attached to an aromatic ring is 1. The lowest BCUT2D eigenvalue weighted by Gasteiger charge is -2.19. The predicted octanol–water partition coefficient (Wildman–Crippen LogP) is 5.08. The summed E-state index contributed by atoms with van der Waals surface area (Å²) in [6.07, 6.45) is -1.14. The molecule has 148 valence electrons. The van der Waals surface area contributed by atoms with Gasteiger partial charge in [0.2, 0.25) is 6.10 Å². The summed E-state index contributed by atoms with van der Waals surface area (Å²) in [6.45, 7) is 3.83. The molecule has 0 saturated heterocycles. The number of aryl methyl sites for hydroxylation is 2. The molecule has 6 heteroatoms. The van der Waals surface area contributed by atoms with Crippen molar-refractivity contribution in [3.63, 3.8) is 0 Å². The molecule has 1 atom stereocenters. The summed E-state index contributed by atoms with van der Waals surface area (Å²) in [6, 6.07) is 19.1. The van der Waals surface area contributed by atoms with E-state index in [1.165, 1.54) is 12.1 Å². The quantitative estimate of drug-likeness (QED) is 0.456. The zero-order valence-corrected chi connectivity index (χ0v) is 16.9. The number of rotatable bonds is 5. The smallest absolute Gasteiger partial charge is 0.341 e. The minimum atomic E-state index is -1.14. The molecule has 3 aromatic rings. The van der Waals surface area contributed by atoms with Crippen molar-refractivity contribution in [2.24, 2.45) is 0 Å². The van der Waals surface area contributed by atoms with Gasteiger partial charge >= 0.3 is 5.97 Å². The number of benzene rings is 3. The number of halogens is 1. The summed E-state index contributed by atoms with van der Waals surface area (Å²) in [5.41, 5.74) is 9.35. The molecule has 0 heterocycles. The van der Waals surface area contributed by atoms with E-state index in [0.29, 0.717) is 16.3 Å². The van der Waals surface area contributed by atoms with Gasteiger partial charge in [-0.25, -0.2) is 4.79 Å². The number of nitrogens with two attached hydrogens (primary N) is 1. The number of anilines is 2. The van der Waals surface area contributed by atoms with Gasteiger partial charge in [0, 0.05) is 22.0 Å². The second-order valence-corrected chi connectivity index (χ2v) is 7.17. The first-order valence-electron chi connectivity index (χ1n) is 9.04. The van der Waals surface area contributed by atoms with Crippen LogP contribution in [0, 0.1) is 13.8 Å². The molecule has 5 nitrogen and oxygen atoms in total. The average molecular weight is 409 g/mol. The van der Waals surface area contributed by atoms with E-state index in [4.69, 9.17) is 22.1 Å². The van der Waals surface area contributed by atoms with Gasteiger partial charge in [-0.1, -0.05) is 54.1 Å². The van der Waals surface area contributed by atoms with Crippen LogP contribution < -0.4 is 11.1 Å². The van der Waals surface area contributed by atoms with Crippen molar-refractivity contribution in [2.75, 3.05) is 11.1 Å². The maximum absolute atomic E-state index is 13.0. The molecular weight excluding hydrogens is 388 g/mol. The van der Waals surface area contributed by atoms with Crippen LogP contribution in [-0.4, -0.2) is 11.9 Å². The highest BCUT2D eigenvalue weighted by Crippen LogP contribution is 2.26. The molecular formula is C23H21ClN2O3. The molecule has 0 aliphatic heterocycles. The molecule has 0 aromatic heterocycles. The number of hydrogen-bond acceptors (Lipinski definition) is 4. The molecule has 0 unspecified atom stereocenters. The van der Waals surface area contributed by atoms with E-state index in [1.807, 2.05) is 38.1 Å². The molecule has 0 aliphatic carbocycles. The first-order chi connectivity index (χ1) is 13.8. The van der Waals surface area contributed by atoms with Crippen LogP contribution in [0.25, 0.3) is 0 Å². The van der Waals surface area contributed by atoms with Gasteiger partial charge in [-0.05, 0) is 49.2 Å². The monoisotopic (exact) mass is 408 g/mol. The lowest BCUT2D eigenvalue weighted by atomic mass is 10.1. The number of carbonyl (C=O) groups excluding carboxylic acids is 2. The third-order valence-corrected chi connectivity index (χ3v) is 4.68. The summed E-state index contributed by atoms with van der Waals surface area (Å²) in [4.78, 5) is 25.8. The molecule has 1 amide bonds. The summed E-state index contributed by atoms with van der Waals surface area (Å²) in [5, 5.41) is 3.27. The number of ether oxygens (including phenoxy) is 1. The summed E-state index contributed by atoms with van der Waals surface area (Å²) < 4.78 is 5.57. The fourth-order valence-corrected chi connectivity index (χ4v) is 3.04. The second-order valence-electron chi connectivity index (χ2n) is 6.74. The number of hydrogen-bond donors (Lipinski definition) is 2. The fraction of sp³-hybridized carbons (Fsp3) is 0.130. The summed E-state index contributed by atoms with van der Waals surface area (Å²) >= 11 is 5.90. The maximum Gasteiger partial charge on any atom is 0.341 e. The van der Waals surface area contributed by atoms with Gasteiger partial charge in [-0.2, -0.15) is 0 Å². The summed E-state index contributed by atoms with van der Waals surface area (Å²) in [7, 11) is 0. The lowest BCUT2D eigenvalue weighted by Crippen LogP contribution is -2.26. The minimum absolute atomic E-state index is 0.148. The van der Waals surface area contributed by atoms with Crippen molar-refractivity contribution >= 4 is 34.9 Å². The van der Waals surface area contributed by atoms with Crippen LogP contribution in [0.3, 0.4) is 0 Å². The van der Waals surface area contributed by atoms with E-state index in [0.717, 1.165) is 11.1 Å². The van der Waals surface area contributed by atoms with Crippen LogP contribution in [0.1, 0.15) is 33.2 Å². The van der Waals surface area contributed by atoms with Gasteiger partial charge in [0.15, 0.2) is 0 Å². The zero-order valence-electron chi connectivity index (χ0n) is 16.1. The van der Waals surface area contributed by atoms with E-state index in [-0.39, 0.29) is 11.3 Å². The maximum atomic E-state index is 13.0. The van der Waals surface area contributed by atoms with Crippen molar-refractivity contribution in [1.82, 2.24) is 0 Å². The molecule has 0 radical (unpaired) electrons. The second kappa shape index (κ2) is 8.80. The van der Waals surface area contributed by atoms with Crippen molar-refractivity contribution < 1.29 is 14.3 Å². The van der Waals surface area contributed by atoms with Crippen LogP contribution in [0.15, 0.2) is 66.7 Å². The zero-order chi connectivity index (χ0) is 21.0. The molecule has 29 heavy (non-hydrogen) atoms. The van der Waals surface area contributed by atoms with E-state index in [9.17, 15) is 9.59 Å². The first kappa shape index (κ1) is 20.4. The van der Waals surface area contributed by atoms with Gasteiger partial charge in [0.05, 0.1) is 5.56 Å². The Bertz CT molecular complexity index is 1050. The Morgan fingerprint density at radius 3 is 2.41 bits per heavy atom. The molecule has 0 aliphatic rings. The summed E-state index contributed by atoms with van der Waals surface area (Å²) in [5.74, 6) is -1.16. The molecule has 3 N–H and O–H groups in total. The third kappa shape index (κ3) is 4.95. The fourth-order valence-electron chi connectivity index (χ4n) is 2.86. The van der Waals surface area contributed by atoms with Gasteiger partial charge in [-0.3, -0.25) is 4.79 Å². The van der Waals surface area contributed by atoms with E-state index in [2.05, 4.69) is 5.32 Å². The first-order valence-corrected chi connectivity index (χ1v) is 9.42. The molecule has 3 rings (SSSR count). The Morgan fingerprint density at radius 1 is 1.00 bits per heavy atom. The third-order valence-electron chi connectivity index (χ3n) is 4.45. The highest BCUT2D eigenvalue weighted by atomic mass is 35.5. The lowest BCUT2D eigenvalue weighted by molar-refractivity contribution is -0.125. The van der Waals surface area contributed by atoms with Gasteiger partial charge in [-0.15, -0.1) is 0 Å². The number of amides is 1.